The van der Waals surface area contributed by atoms with Crippen LogP contribution in [0.4, 0.5) is 5.69 Å². The third kappa shape index (κ3) is 2.57. The third-order valence-corrected chi connectivity index (χ3v) is 4.96. The zero-order valence-corrected chi connectivity index (χ0v) is 14.6. The summed E-state index contributed by atoms with van der Waals surface area (Å²) in [5.41, 5.74) is 3.08. The van der Waals surface area contributed by atoms with Crippen LogP contribution in [-0.2, 0) is 0 Å². The van der Waals surface area contributed by atoms with Crippen LogP contribution in [0.15, 0.2) is 59.0 Å². The van der Waals surface area contributed by atoms with Crippen LogP contribution in [0.2, 0.25) is 5.02 Å². The fourth-order valence-electron chi connectivity index (χ4n) is 3.09. The first-order valence-corrected chi connectivity index (χ1v) is 8.41. The Hall–Kier alpha value is -2.78. The van der Waals surface area contributed by atoms with E-state index in [1.54, 1.807) is 6.07 Å². The fraction of sp³-hybridized carbons (Fsp3) is 0.0952. The van der Waals surface area contributed by atoms with Crippen LogP contribution in [0, 0.1) is 13.8 Å². The van der Waals surface area contributed by atoms with Crippen molar-refractivity contribution in [1.29, 1.82) is 0 Å². The highest BCUT2D eigenvalue weighted by Gasteiger charge is 2.19. The maximum absolute atomic E-state index is 12.8. The molecule has 0 fully saturated rings. The summed E-state index contributed by atoms with van der Waals surface area (Å²) in [6.45, 7) is 3.78. The van der Waals surface area contributed by atoms with Crippen molar-refractivity contribution in [3.05, 3.63) is 76.5 Å². The predicted octanol–water partition coefficient (Wildman–Crippen LogP) is 6.11. The van der Waals surface area contributed by atoms with Gasteiger partial charge in [-0.15, -0.1) is 0 Å². The molecule has 0 spiro atoms. The Balaban J connectivity index is 1.81. The number of fused-ring (bicyclic) bond motifs is 3. The Morgan fingerprint density at radius 2 is 1.72 bits per heavy atom. The van der Waals surface area contributed by atoms with Gasteiger partial charge in [-0.05, 0) is 36.9 Å². The van der Waals surface area contributed by atoms with Crippen LogP contribution in [0.5, 0.6) is 0 Å². The molecule has 0 aliphatic heterocycles. The van der Waals surface area contributed by atoms with Gasteiger partial charge in [0.1, 0.15) is 5.58 Å². The maximum Gasteiger partial charge on any atom is 0.291 e. The van der Waals surface area contributed by atoms with Gasteiger partial charge < -0.3 is 9.73 Å². The summed E-state index contributed by atoms with van der Waals surface area (Å²) < 4.78 is 5.97. The number of amides is 1. The van der Waals surface area contributed by atoms with E-state index in [1.807, 2.05) is 62.4 Å². The molecule has 4 heteroatoms. The van der Waals surface area contributed by atoms with Gasteiger partial charge in [0.15, 0.2) is 5.76 Å². The first-order valence-electron chi connectivity index (χ1n) is 8.03. The number of hydrogen-bond acceptors (Lipinski definition) is 2. The van der Waals surface area contributed by atoms with Gasteiger partial charge in [0, 0.05) is 27.0 Å². The zero-order valence-electron chi connectivity index (χ0n) is 13.9. The molecule has 1 N–H and O–H groups in total. The molecule has 0 aliphatic rings. The van der Waals surface area contributed by atoms with Crippen LogP contribution in [-0.4, -0.2) is 5.91 Å². The van der Waals surface area contributed by atoms with E-state index in [-0.39, 0.29) is 5.91 Å². The largest absolute Gasteiger partial charge is 0.450 e. The number of nitrogens with one attached hydrogen (secondary N) is 1. The van der Waals surface area contributed by atoms with Crippen LogP contribution < -0.4 is 5.32 Å². The van der Waals surface area contributed by atoms with E-state index in [1.165, 1.54) is 0 Å². The molecular formula is C21H16ClNO2. The molecule has 0 bridgehead atoms. The van der Waals surface area contributed by atoms with Gasteiger partial charge >= 0.3 is 0 Å². The van der Waals surface area contributed by atoms with Crippen LogP contribution in [0.3, 0.4) is 0 Å². The Bertz CT molecular complexity index is 1130. The minimum Gasteiger partial charge on any atom is -0.450 e. The molecule has 4 aromatic rings. The smallest absolute Gasteiger partial charge is 0.291 e. The van der Waals surface area contributed by atoms with Gasteiger partial charge in [-0.3, -0.25) is 4.79 Å². The second kappa shape index (κ2) is 5.94. The lowest BCUT2D eigenvalue weighted by molar-refractivity contribution is 0.0998. The van der Waals surface area contributed by atoms with E-state index in [0.29, 0.717) is 16.5 Å². The Kier molecular flexibility index (Phi) is 3.74. The average Bonchev–Trinajstić information content (AvgIpc) is 2.96. The number of furan rings is 1. The molecule has 1 heterocycles. The van der Waals surface area contributed by atoms with E-state index in [4.69, 9.17) is 16.0 Å². The van der Waals surface area contributed by atoms with Crippen molar-refractivity contribution in [3.63, 3.8) is 0 Å². The summed E-state index contributed by atoms with van der Waals surface area (Å²) in [5, 5.41) is 6.55. The minimum atomic E-state index is -0.275. The van der Waals surface area contributed by atoms with Crippen LogP contribution in [0.1, 0.15) is 21.7 Å². The maximum atomic E-state index is 12.8. The summed E-state index contributed by atoms with van der Waals surface area (Å²) in [4.78, 5) is 12.8. The number of aryl methyl sites for hydroxylation is 1. The summed E-state index contributed by atoms with van der Waals surface area (Å²) >= 11 is 6.13. The summed E-state index contributed by atoms with van der Waals surface area (Å²) in [6.07, 6.45) is 0. The molecule has 0 saturated carbocycles. The lowest BCUT2D eigenvalue weighted by Gasteiger charge is -2.08. The van der Waals surface area contributed by atoms with Gasteiger partial charge in [0.25, 0.3) is 5.91 Å². The first kappa shape index (κ1) is 15.7. The highest BCUT2D eigenvalue weighted by atomic mass is 35.5. The van der Waals surface area contributed by atoms with E-state index < -0.39 is 0 Å². The first-order chi connectivity index (χ1) is 12.1. The zero-order chi connectivity index (χ0) is 17.6. The Morgan fingerprint density at radius 1 is 0.920 bits per heavy atom. The lowest BCUT2D eigenvalue weighted by atomic mass is 10.1. The Labute approximate surface area is 150 Å². The summed E-state index contributed by atoms with van der Waals surface area (Å²) in [5.74, 6) is 0.0499. The number of carbonyl (C=O) groups excluding carboxylic acids is 1. The van der Waals surface area contributed by atoms with Crippen molar-refractivity contribution in [3.8, 4) is 0 Å². The van der Waals surface area contributed by atoms with Gasteiger partial charge in [0.05, 0.1) is 0 Å². The molecule has 3 aromatic carbocycles. The molecule has 1 amide bonds. The topological polar surface area (TPSA) is 42.2 Å². The molecule has 25 heavy (non-hydrogen) atoms. The van der Waals surface area contributed by atoms with Crippen molar-refractivity contribution in [1.82, 2.24) is 0 Å². The second-order valence-corrected chi connectivity index (χ2v) is 6.49. The number of halogens is 1. The van der Waals surface area contributed by atoms with Crippen molar-refractivity contribution >= 4 is 44.9 Å². The van der Waals surface area contributed by atoms with E-state index in [0.717, 1.165) is 32.9 Å². The fourth-order valence-corrected chi connectivity index (χ4v) is 3.26. The van der Waals surface area contributed by atoms with Crippen molar-refractivity contribution in [2.75, 3.05) is 5.32 Å². The van der Waals surface area contributed by atoms with Crippen LogP contribution >= 0.6 is 11.6 Å². The molecule has 0 unspecified atom stereocenters. The van der Waals surface area contributed by atoms with E-state index >= 15 is 0 Å². The summed E-state index contributed by atoms with van der Waals surface area (Å²) in [7, 11) is 0. The normalized spacial score (nSPS) is 11.2. The molecule has 0 aliphatic carbocycles. The number of anilines is 1. The number of carbonyl (C=O) groups is 1. The minimum absolute atomic E-state index is 0.275. The Morgan fingerprint density at radius 3 is 2.56 bits per heavy atom. The van der Waals surface area contributed by atoms with Gasteiger partial charge in [0.2, 0.25) is 0 Å². The molecular weight excluding hydrogens is 334 g/mol. The van der Waals surface area contributed by atoms with E-state index in [9.17, 15) is 4.79 Å². The van der Waals surface area contributed by atoms with Crippen LogP contribution in [0.25, 0.3) is 21.7 Å². The quantitative estimate of drug-likeness (QED) is 0.474. The molecule has 4 rings (SSSR count). The predicted molar refractivity (Wildman–Crippen MR) is 103 cm³/mol. The van der Waals surface area contributed by atoms with Crippen molar-refractivity contribution in [2.24, 2.45) is 0 Å². The van der Waals surface area contributed by atoms with Gasteiger partial charge in [-0.1, -0.05) is 54.1 Å². The SMILES string of the molecule is Cc1c(Cl)cccc1NC(=O)c1oc2c(ccc3ccccc32)c1C. The molecule has 124 valence electrons. The van der Waals surface area contributed by atoms with Gasteiger partial charge in [-0.25, -0.2) is 0 Å². The molecule has 3 nitrogen and oxygen atoms in total. The lowest BCUT2D eigenvalue weighted by Crippen LogP contribution is -2.13. The average molecular weight is 350 g/mol. The molecule has 0 saturated heterocycles. The van der Waals surface area contributed by atoms with Crippen molar-refractivity contribution in [2.45, 2.75) is 13.8 Å². The second-order valence-electron chi connectivity index (χ2n) is 6.09. The number of hydrogen-bond donors (Lipinski definition) is 1. The number of rotatable bonds is 2. The van der Waals surface area contributed by atoms with E-state index in [2.05, 4.69) is 5.32 Å². The third-order valence-electron chi connectivity index (χ3n) is 4.55. The van der Waals surface area contributed by atoms with Gasteiger partial charge in [-0.2, -0.15) is 0 Å². The molecule has 0 radical (unpaired) electrons. The molecule has 0 atom stereocenters. The standard InChI is InChI=1S/C21H16ClNO2/c1-12-15-11-10-14-6-3-4-7-16(14)20(15)25-19(12)21(24)23-18-9-5-8-17(22)13(18)2/h3-11H,1-2H3,(H,23,24). The molecule has 1 aromatic heterocycles. The highest BCUT2D eigenvalue weighted by Crippen LogP contribution is 2.32. The number of benzene rings is 3. The summed E-state index contributed by atoms with van der Waals surface area (Å²) in [6, 6.07) is 17.5. The highest BCUT2D eigenvalue weighted by molar-refractivity contribution is 6.31. The van der Waals surface area contributed by atoms with Crippen molar-refractivity contribution < 1.29 is 9.21 Å². The monoisotopic (exact) mass is 349 g/mol.